The molecular formula is C31H30ClNO4. The zero-order valence-corrected chi connectivity index (χ0v) is 21.7. The van der Waals surface area contributed by atoms with Crippen molar-refractivity contribution in [1.82, 2.24) is 0 Å². The number of rotatable bonds is 8. The van der Waals surface area contributed by atoms with Gasteiger partial charge in [-0.05, 0) is 91.3 Å². The van der Waals surface area contributed by atoms with E-state index in [0.29, 0.717) is 36.8 Å². The van der Waals surface area contributed by atoms with Crippen LogP contribution >= 0.6 is 11.6 Å². The van der Waals surface area contributed by atoms with Crippen LogP contribution in [-0.2, 0) is 16.1 Å². The highest BCUT2D eigenvalue weighted by molar-refractivity contribution is 6.30. The van der Waals surface area contributed by atoms with Gasteiger partial charge in [0.15, 0.2) is 0 Å². The largest absolute Gasteiger partial charge is 0.488 e. The molecule has 0 bridgehead atoms. The topological polar surface area (TPSA) is 55.8 Å². The van der Waals surface area contributed by atoms with Gasteiger partial charge in [-0.3, -0.25) is 4.79 Å². The third kappa shape index (κ3) is 5.57. The van der Waals surface area contributed by atoms with Gasteiger partial charge in [-0.25, -0.2) is 4.79 Å². The molecule has 1 aliphatic carbocycles. The zero-order valence-electron chi connectivity index (χ0n) is 21.0. The first-order chi connectivity index (χ1) is 18.0. The van der Waals surface area contributed by atoms with Gasteiger partial charge >= 0.3 is 5.97 Å². The number of benzene rings is 3. The van der Waals surface area contributed by atoms with E-state index in [1.807, 2.05) is 60.7 Å². The van der Waals surface area contributed by atoms with Gasteiger partial charge in [0.05, 0.1) is 12.2 Å². The molecule has 2 aliphatic rings. The monoisotopic (exact) mass is 515 g/mol. The number of carbonyl (C=O) groups is 2. The van der Waals surface area contributed by atoms with E-state index in [1.165, 1.54) is 0 Å². The molecule has 6 heteroatoms. The number of carbonyl (C=O) groups excluding carboxylic acids is 2. The fourth-order valence-electron chi connectivity index (χ4n) is 5.15. The molecule has 5 rings (SSSR count). The van der Waals surface area contributed by atoms with Crippen LogP contribution in [0, 0.1) is 0 Å². The lowest BCUT2D eigenvalue weighted by molar-refractivity contribution is -0.117. The van der Waals surface area contributed by atoms with Crippen molar-refractivity contribution in [2.24, 2.45) is 0 Å². The molecule has 190 valence electrons. The van der Waals surface area contributed by atoms with Crippen LogP contribution in [0.25, 0.3) is 11.1 Å². The summed E-state index contributed by atoms with van der Waals surface area (Å²) >= 11 is 6.45. The lowest BCUT2D eigenvalue weighted by atomic mass is 9.94. The maximum Gasteiger partial charge on any atom is 0.338 e. The Hall–Kier alpha value is -3.57. The molecule has 1 saturated heterocycles. The molecule has 5 nitrogen and oxygen atoms in total. The van der Waals surface area contributed by atoms with Crippen molar-refractivity contribution in [1.29, 1.82) is 0 Å². The van der Waals surface area contributed by atoms with E-state index in [9.17, 15) is 9.59 Å². The number of esters is 1. The Labute approximate surface area is 222 Å². The van der Waals surface area contributed by atoms with Crippen LogP contribution in [-0.4, -0.2) is 25.0 Å². The third-order valence-electron chi connectivity index (χ3n) is 6.88. The molecule has 3 aromatic rings. The molecule has 0 spiro atoms. The van der Waals surface area contributed by atoms with E-state index in [4.69, 9.17) is 21.1 Å². The van der Waals surface area contributed by atoms with Crippen LogP contribution in [0.3, 0.4) is 0 Å². The first-order valence-corrected chi connectivity index (χ1v) is 13.2. The predicted octanol–water partition coefficient (Wildman–Crippen LogP) is 7.32. The number of amides is 1. The minimum Gasteiger partial charge on any atom is -0.488 e. The Morgan fingerprint density at radius 2 is 1.76 bits per heavy atom. The van der Waals surface area contributed by atoms with E-state index in [2.05, 4.69) is 0 Å². The average molecular weight is 516 g/mol. The third-order valence-corrected chi connectivity index (χ3v) is 7.12. The molecular weight excluding hydrogens is 486 g/mol. The van der Waals surface area contributed by atoms with Gasteiger partial charge in [-0.2, -0.15) is 0 Å². The molecule has 37 heavy (non-hydrogen) atoms. The van der Waals surface area contributed by atoms with Crippen molar-refractivity contribution >= 4 is 40.3 Å². The summed E-state index contributed by atoms with van der Waals surface area (Å²) in [5.74, 6) is 0.477. The molecule has 0 aromatic heterocycles. The molecule has 0 unspecified atom stereocenters. The van der Waals surface area contributed by atoms with Crippen molar-refractivity contribution in [2.75, 3.05) is 18.1 Å². The number of halogens is 1. The van der Waals surface area contributed by atoms with E-state index < -0.39 is 0 Å². The van der Waals surface area contributed by atoms with E-state index in [1.54, 1.807) is 17.9 Å². The summed E-state index contributed by atoms with van der Waals surface area (Å²) in [6.45, 7) is 3.19. The van der Waals surface area contributed by atoms with Crippen LogP contribution in [0.15, 0.2) is 66.7 Å². The van der Waals surface area contributed by atoms with Gasteiger partial charge in [0, 0.05) is 29.2 Å². The lowest BCUT2D eigenvalue weighted by Gasteiger charge is -2.20. The van der Waals surface area contributed by atoms with Crippen molar-refractivity contribution in [3.63, 3.8) is 0 Å². The number of allylic oxidation sites excluding steroid dienone is 2. The average Bonchev–Trinajstić information content (AvgIpc) is 3.58. The van der Waals surface area contributed by atoms with Gasteiger partial charge < -0.3 is 14.4 Å². The van der Waals surface area contributed by atoms with Crippen LogP contribution in [0.4, 0.5) is 5.69 Å². The predicted molar refractivity (Wildman–Crippen MR) is 147 cm³/mol. The molecule has 0 saturated carbocycles. The molecule has 1 aliphatic heterocycles. The molecule has 0 radical (unpaired) electrons. The number of anilines is 1. The summed E-state index contributed by atoms with van der Waals surface area (Å²) in [7, 11) is 0. The SMILES string of the molecule is CCOC(=O)c1cc(C2=C(c3cc(Cl)ccc3OCc3ccccc3)CCC2)cc(N2CCCC2=O)c1. The minimum atomic E-state index is -0.382. The second kappa shape index (κ2) is 11.2. The van der Waals surface area contributed by atoms with Gasteiger partial charge in [-0.15, -0.1) is 0 Å². The van der Waals surface area contributed by atoms with Crippen molar-refractivity contribution in [3.8, 4) is 5.75 Å². The summed E-state index contributed by atoms with van der Waals surface area (Å²) in [6.07, 6.45) is 4.06. The number of hydrogen-bond donors (Lipinski definition) is 0. The summed E-state index contributed by atoms with van der Waals surface area (Å²) in [6, 6.07) is 21.5. The summed E-state index contributed by atoms with van der Waals surface area (Å²) in [5.41, 5.74) is 6.49. The van der Waals surface area contributed by atoms with Crippen molar-refractivity contribution in [2.45, 2.75) is 45.6 Å². The van der Waals surface area contributed by atoms with Crippen LogP contribution in [0.5, 0.6) is 5.75 Å². The second-order valence-corrected chi connectivity index (χ2v) is 9.80. The fraction of sp³-hybridized carbons (Fsp3) is 0.290. The molecule has 1 heterocycles. The molecule has 0 atom stereocenters. The minimum absolute atomic E-state index is 0.0824. The molecule has 1 amide bonds. The Balaban J connectivity index is 1.57. The standard InChI is InChI=1S/C31H30ClNO4/c1-2-36-31(35)23-16-22(17-25(18-23)33-15-7-12-30(33)34)26-10-6-11-27(26)28-19-24(32)13-14-29(28)37-20-21-8-4-3-5-9-21/h3-5,8-9,13-14,16-19H,2,6-7,10-12,15,20H2,1H3. The van der Waals surface area contributed by atoms with Gasteiger partial charge in [-0.1, -0.05) is 41.9 Å². The van der Waals surface area contributed by atoms with E-state index in [0.717, 1.165) is 65.0 Å². The Morgan fingerprint density at radius 1 is 0.946 bits per heavy atom. The Bertz CT molecular complexity index is 1350. The summed E-state index contributed by atoms with van der Waals surface area (Å²) < 4.78 is 11.6. The number of hydrogen-bond acceptors (Lipinski definition) is 4. The normalized spacial score (nSPS) is 15.4. The molecule has 3 aromatic carbocycles. The maximum absolute atomic E-state index is 12.8. The van der Waals surface area contributed by atoms with Crippen molar-refractivity contribution in [3.05, 3.63) is 94.0 Å². The fourth-order valence-corrected chi connectivity index (χ4v) is 5.33. The number of ether oxygens (including phenoxy) is 2. The van der Waals surface area contributed by atoms with Crippen molar-refractivity contribution < 1.29 is 19.1 Å². The van der Waals surface area contributed by atoms with Crippen LogP contribution < -0.4 is 9.64 Å². The zero-order chi connectivity index (χ0) is 25.8. The molecule has 0 N–H and O–H groups in total. The quantitative estimate of drug-likeness (QED) is 0.295. The highest BCUT2D eigenvalue weighted by Gasteiger charge is 2.26. The van der Waals surface area contributed by atoms with Gasteiger partial charge in [0.25, 0.3) is 0 Å². The number of nitrogens with zero attached hydrogens (tertiary/aromatic N) is 1. The smallest absolute Gasteiger partial charge is 0.338 e. The Kier molecular flexibility index (Phi) is 7.61. The van der Waals surface area contributed by atoms with Gasteiger partial charge in [0.1, 0.15) is 12.4 Å². The Morgan fingerprint density at radius 3 is 2.51 bits per heavy atom. The highest BCUT2D eigenvalue weighted by atomic mass is 35.5. The van der Waals surface area contributed by atoms with Gasteiger partial charge in [0.2, 0.25) is 5.91 Å². The first-order valence-electron chi connectivity index (χ1n) is 12.8. The second-order valence-electron chi connectivity index (χ2n) is 9.36. The summed E-state index contributed by atoms with van der Waals surface area (Å²) in [5, 5.41) is 0.643. The first kappa shape index (κ1) is 25.1. The molecule has 1 fully saturated rings. The van der Waals surface area contributed by atoms with E-state index in [-0.39, 0.29) is 11.9 Å². The van der Waals surface area contributed by atoms with Crippen LogP contribution in [0.1, 0.15) is 66.1 Å². The van der Waals surface area contributed by atoms with Crippen LogP contribution in [0.2, 0.25) is 5.02 Å². The highest BCUT2D eigenvalue weighted by Crippen LogP contribution is 2.44. The summed E-state index contributed by atoms with van der Waals surface area (Å²) in [4.78, 5) is 27.1. The lowest BCUT2D eigenvalue weighted by Crippen LogP contribution is -2.24. The maximum atomic E-state index is 12.8. The van der Waals surface area contributed by atoms with E-state index >= 15 is 0 Å².